The van der Waals surface area contributed by atoms with Gasteiger partial charge in [-0.3, -0.25) is 4.98 Å². The zero-order valence-corrected chi connectivity index (χ0v) is 13.2. The fourth-order valence-corrected chi connectivity index (χ4v) is 2.62. The Morgan fingerprint density at radius 2 is 1.77 bits per heavy atom. The van der Waals surface area contributed by atoms with Crippen molar-refractivity contribution in [2.45, 2.75) is 25.8 Å². The van der Waals surface area contributed by atoms with Gasteiger partial charge in [-0.2, -0.15) is 0 Å². The molecule has 0 fully saturated rings. The number of benzene rings is 2. The Morgan fingerprint density at radius 3 is 2.55 bits per heavy atom. The maximum Gasteiger partial charge on any atom is 0.0702 e. The molecule has 1 N–H and O–H groups in total. The van der Waals surface area contributed by atoms with Crippen LogP contribution in [0, 0.1) is 0 Å². The second-order valence-corrected chi connectivity index (χ2v) is 5.84. The number of pyridine rings is 1. The molecule has 1 unspecified atom stereocenters. The summed E-state index contributed by atoms with van der Waals surface area (Å²) in [7, 11) is 2.01. The lowest BCUT2D eigenvalue weighted by Crippen LogP contribution is -2.21. The van der Waals surface area contributed by atoms with Gasteiger partial charge in [0, 0.05) is 23.2 Å². The lowest BCUT2D eigenvalue weighted by molar-refractivity contribution is 0.565. The second kappa shape index (κ2) is 6.71. The van der Waals surface area contributed by atoms with Gasteiger partial charge in [-0.15, -0.1) is 0 Å². The summed E-state index contributed by atoms with van der Waals surface area (Å²) in [5, 5.41) is 4.47. The molecule has 1 aromatic heterocycles. The normalized spacial score (nSPS) is 12.5. The third kappa shape index (κ3) is 3.34. The largest absolute Gasteiger partial charge is 0.317 e. The number of fused-ring (bicyclic) bond motifs is 1. The maximum atomic E-state index is 4.54. The minimum atomic E-state index is 0.560. The summed E-state index contributed by atoms with van der Waals surface area (Å²) in [6, 6.07) is 19.9. The van der Waals surface area contributed by atoms with E-state index < -0.39 is 0 Å². The molecular weight excluding hydrogens is 268 g/mol. The molecule has 0 bridgehead atoms. The van der Waals surface area contributed by atoms with Gasteiger partial charge in [0.15, 0.2) is 0 Å². The Bertz CT molecular complexity index is 747. The Kier molecular flexibility index (Phi) is 4.50. The number of nitrogens with zero attached hydrogens (tertiary/aromatic N) is 1. The van der Waals surface area contributed by atoms with Crippen molar-refractivity contribution in [2.24, 2.45) is 0 Å². The number of nitrogens with one attached hydrogen (secondary N) is 1. The van der Waals surface area contributed by atoms with E-state index in [-0.39, 0.29) is 0 Å². The summed E-state index contributed by atoms with van der Waals surface area (Å²) < 4.78 is 0. The molecule has 1 atom stereocenters. The summed E-state index contributed by atoms with van der Waals surface area (Å²) >= 11 is 0. The number of aromatic nitrogens is 1. The fourth-order valence-electron chi connectivity index (χ4n) is 2.62. The first kappa shape index (κ1) is 14.7. The highest BCUT2D eigenvalue weighted by molar-refractivity contribution is 5.83. The molecule has 2 nitrogen and oxygen atoms in total. The lowest BCUT2D eigenvalue weighted by atomic mass is 10.0. The fraction of sp³-hybridized carbons (Fsp3) is 0.250. The molecule has 3 aromatic rings. The molecular formula is C20H22N2. The van der Waals surface area contributed by atoms with Crippen LogP contribution in [0.4, 0.5) is 0 Å². The van der Waals surface area contributed by atoms with Crippen molar-refractivity contribution in [3.05, 3.63) is 66.4 Å². The zero-order chi connectivity index (χ0) is 15.4. The summed E-state index contributed by atoms with van der Waals surface area (Å²) in [6.07, 6.45) is 4.23. The second-order valence-electron chi connectivity index (χ2n) is 5.84. The Balaban J connectivity index is 1.79. The van der Waals surface area contributed by atoms with Crippen LogP contribution in [0.15, 0.2) is 60.8 Å². The highest BCUT2D eigenvalue weighted by Crippen LogP contribution is 2.23. The quantitative estimate of drug-likeness (QED) is 0.751. The average molecular weight is 290 g/mol. The van der Waals surface area contributed by atoms with Gasteiger partial charge in [0.1, 0.15) is 0 Å². The summed E-state index contributed by atoms with van der Waals surface area (Å²) in [6.45, 7) is 2.22. The van der Waals surface area contributed by atoms with Crippen LogP contribution in [0.2, 0.25) is 0 Å². The standard InChI is InChI=1S/C20H22N2/c1-15(21-2)7-8-16-9-11-17(12-10-16)19-13-18-5-3-4-6-20(18)22-14-19/h3-6,9-15,21H,7-8H2,1-2H3. The molecule has 0 saturated carbocycles. The molecule has 0 amide bonds. The zero-order valence-electron chi connectivity index (χ0n) is 13.2. The molecule has 0 aliphatic heterocycles. The van der Waals surface area contributed by atoms with Crippen molar-refractivity contribution in [3.63, 3.8) is 0 Å². The van der Waals surface area contributed by atoms with Crippen LogP contribution in [-0.2, 0) is 6.42 Å². The van der Waals surface area contributed by atoms with Crippen LogP contribution in [0.1, 0.15) is 18.9 Å². The SMILES string of the molecule is CNC(C)CCc1ccc(-c2cnc3ccccc3c2)cc1. The molecule has 1 heterocycles. The maximum absolute atomic E-state index is 4.54. The van der Waals surface area contributed by atoms with Crippen LogP contribution in [0.5, 0.6) is 0 Å². The van der Waals surface area contributed by atoms with E-state index in [2.05, 4.69) is 59.7 Å². The van der Waals surface area contributed by atoms with Crippen molar-refractivity contribution in [1.29, 1.82) is 0 Å². The number of para-hydroxylation sites is 1. The van der Waals surface area contributed by atoms with Crippen LogP contribution in [0.25, 0.3) is 22.0 Å². The van der Waals surface area contributed by atoms with E-state index in [1.807, 2.05) is 25.4 Å². The summed E-state index contributed by atoms with van der Waals surface area (Å²) in [4.78, 5) is 4.54. The Morgan fingerprint density at radius 1 is 1.00 bits per heavy atom. The highest BCUT2D eigenvalue weighted by atomic mass is 14.8. The van der Waals surface area contributed by atoms with Crippen molar-refractivity contribution in [3.8, 4) is 11.1 Å². The van der Waals surface area contributed by atoms with Gasteiger partial charge in [-0.25, -0.2) is 0 Å². The van der Waals surface area contributed by atoms with Crippen LogP contribution in [-0.4, -0.2) is 18.1 Å². The van der Waals surface area contributed by atoms with Crippen molar-refractivity contribution in [1.82, 2.24) is 10.3 Å². The van der Waals surface area contributed by atoms with Crippen LogP contribution in [0.3, 0.4) is 0 Å². The minimum Gasteiger partial charge on any atom is -0.317 e. The van der Waals surface area contributed by atoms with E-state index in [1.54, 1.807) is 0 Å². The predicted molar refractivity (Wildman–Crippen MR) is 94.0 cm³/mol. The first-order valence-corrected chi connectivity index (χ1v) is 7.87. The summed E-state index contributed by atoms with van der Waals surface area (Å²) in [5.41, 5.74) is 4.83. The van der Waals surface area contributed by atoms with Gasteiger partial charge in [-0.05, 0) is 50.1 Å². The number of hydrogen-bond acceptors (Lipinski definition) is 2. The molecule has 0 aliphatic rings. The van der Waals surface area contributed by atoms with E-state index in [1.165, 1.54) is 22.1 Å². The Hall–Kier alpha value is -2.19. The monoisotopic (exact) mass is 290 g/mol. The lowest BCUT2D eigenvalue weighted by Gasteiger charge is -2.10. The molecule has 0 aliphatic carbocycles. The molecule has 0 saturated heterocycles. The average Bonchev–Trinajstić information content (AvgIpc) is 2.59. The molecule has 22 heavy (non-hydrogen) atoms. The van der Waals surface area contributed by atoms with Crippen LogP contribution < -0.4 is 5.32 Å². The van der Waals surface area contributed by atoms with Gasteiger partial charge < -0.3 is 5.32 Å². The molecule has 3 rings (SSSR count). The van der Waals surface area contributed by atoms with Gasteiger partial charge >= 0.3 is 0 Å². The minimum absolute atomic E-state index is 0.560. The molecule has 2 heteroatoms. The van der Waals surface area contributed by atoms with Gasteiger partial charge in [0.05, 0.1) is 5.52 Å². The predicted octanol–water partition coefficient (Wildman–Crippen LogP) is 4.44. The third-order valence-corrected chi connectivity index (χ3v) is 4.24. The van der Waals surface area contributed by atoms with Crippen molar-refractivity contribution < 1.29 is 0 Å². The van der Waals surface area contributed by atoms with Gasteiger partial charge in [0.25, 0.3) is 0 Å². The van der Waals surface area contributed by atoms with E-state index in [4.69, 9.17) is 0 Å². The molecule has 2 aromatic carbocycles. The number of hydrogen-bond donors (Lipinski definition) is 1. The first-order chi connectivity index (χ1) is 10.8. The molecule has 112 valence electrons. The summed E-state index contributed by atoms with van der Waals surface area (Å²) in [5.74, 6) is 0. The van der Waals surface area contributed by atoms with Crippen molar-refractivity contribution >= 4 is 10.9 Å². The van der Waals surface area contributed by atoms with E-state index in [0.717, 1.165) is 18.4 Å². The number of aryl methyl sites for hydroxylation is 1. The van der Waals surface area contributed by atoms with E-state index in [0.29, 0.717) is 6.04 Å². The topological polar surface area (TPSA) is 24.9 Å². The Labute approximate surface area is 132 Å². The third-order valence-electron chi connectivity index (χ3n) is 4.24. The smallest absolute Gasteiger partial charge is 0.0702 e. The van der Waals surface area contributed by atoms with E-state index >= 15 is 0 Å². The first-order valence-electron chi connectivity index (χ1n) is 7.87. The van der Waals surface area contributed by atoms with Gasteiger partial charge in [-0.1, -0.05) is 42.5 Å². The van der Waals surface area contributed by atoms with Crippen LogP contribution >= 0.6 is 0 Å². The van der Waals surface area contributed by atoms with E-state index in [9.17, 15) is 0 Å². The molecule has 0 radical (unpaired) electrons. The highest BCUT2D eigenvalue weighted by Gasteiger charge is 2.03. The van der Waals surface area contributed by atoms with Gasteiger partial charge in [0.2, 0.25) is 0 Å². The number of rotatable bonds is 5. The van der Waals surface area contributed by atoms with Crippen molar-refractivity contribution in [2.75, 3.05) is 7.05 Å². The molecule has 0 spiro atoms.